The van der Waals surface area contributed by atoms with Crippen molar-refractivity contribution in [2.75, 3.05) is 13.6 Å². The molecular formula is C14H27N3S. The van der Waals surface area contributed by atoms with Gasteiger partial charge in [0.25, 0.3) is 0 Å². The Bertz CT molecular complexity index is 276. The largest absolute Gasteiger partial charge is 0.360 e. The Morgan fingerprint density at radius 3 is 2.39 bits per heavy atom. The van der Waals surface area contributed by atoms with E-state index in [1.165, 1.54) is 51.5 Å². The lowest BCUT2D eigenvalue weighted by Gasteiger charge is -2.36. The average Bonchev–Trinajstić information content (AvgIpc) is 2.35. The number of hydrogen-bond donors (Lipinski definition) is 2. The number of likely N-dealkylation sites (tertiary alicyclic amines) is 1. The zero-order valence-corrected chi connectivity index (χ0v) is 12.6. The van der Waals surface area contributed by atoms with Gasteiger partial charge in [0.15, 0.2) is 5.11 Å². The fourth-order valence-electron chi connectivity index (χ4n) is 3.08. The minimum Gasteiger partial charge on any atom is -0.360 e. The number of nitrogens with one attached hydrogen (secondary N) is 2. The average molecular weight is 269 g/mol. The van der Waals surface area contributed by atoms with Crippen LogP contribution in [0.2, 0.25) is 0 Å². The van der Waals surface area contributed by atoms with E-state index in [1.807, 2.05) is 0 Å². The van der Waals surface area contributed by atoms with Gasteiger partial charge in [0.05, 0.1) is 0 Å². The first kappa shape index (κ1) is 14.1. The molecule has 0 amide bonds. The van der Waals surface area contributed by atoms with E-state index >= 15 is 0 Å². The lowest BCUT2D eigenvalue weighted by atomic mass is 9.95. The van der Waals surface area contributed by atoms with Crippen LogP contribution < -0.4 is 10.6 Å². The molecule has 1 heterocycles. The second-order valence-electron chi connectivity index (χ2n) is 6.00. The van der Waals surface area contributed by atoms with Crippen LogP contribution in [0.4, 0.5) is 0 Å². The highest BCUT2D eigenvalue weighted by Crippen LogP contribution is 2.18. The van der Waals surface area contributed by atoms with Crippen LogP contribution in [-0.2, 0) is 0 Å². The fraction of sp³-hybridized carbons (Fsp3) is 0.929. The highest BCUT2D eigenvalue weighted by molar-refractivity contribution is 7.80. The molecule has 0 bridgehead atoms. The molecule has 2 N–H and O–H groups in total. The highest BCUT2D eigenvalue weighted by atomic mass is 32.1. The van der Waals surface area contributed by atoms with E-state index in [0.717, 1.165) is 5.11 Å². The zero-order chi connectivity index (χ0) is 13.0. The maximum atomic E-state index is 5.45. The maximum Gasteiger partial charge on any atom is 0.166 e. The summed E-state index contributed by atoms with van der Waals surface area (Å²) in [6.07, 6.45) is 9.06. The van der Waals surface area contributed by atoms with Crippen LogP contribution in [0.5, 0.6) is 0 Å². The van der Waals surface area contributed by atoms with Gasteiger partial charge in [-0.2, -0.15) is 0 Å². The van der Waals surface area contributed by atoms with Gasteiger partial charge in [0.1, 0.15) is 0 Å². The zero-order valence-electron chi connectivity index (χ0n) is 11.7. The minimum absolute atomic E-state index is 0.555. The van der Waals surface area contributed by atoms with Crippen molar-refractivity contribution in [2.24, 2.45) is 0 Å². The quantitative estimate of drug-likeness (QED) is 0.752. The van der Waals surface area contributed by atoms with Crippen molar-refractivity contribution in [1.29, 1.82) is 0 Å². The third-order valence-electron chi connectivity index (χ3n) is 4.48. The van der Waals surface area contributed by atoms with E-state index in [4.69, 9.17) is 12.2 Å². The Morgan fingerprint density at radius 2 is 1.72 bits per heavy atom. The molecule has 1 saturated carbocycles. The molecule has 18 heavy (non-hydrogen) atoms. The second kappa shape index (κ2) is 6.71. The topological polar surface area (TPSA) is 27.3 Å². The van der Waals surface area contributed by atoms with Gasteiger partial charge in [-0.3, -0.25) is 0 Å². The van der Waals surface area contributed by atoms with Gasteiger partial charge < -0.3 is 15.5 Å². The summed E-state index contributed by atoms with van der Waals surface area (Å²) in [5.41, 5.74) is 0. The second-order valence-corrected chi connectivity index (χ2v) is 6.41. The normalized spacial score (nSPS) is 31.0. The summed E-state index contributed by atoms with van der Waals surface area (Å²) in [7, 11) is 2.21. The van der Waals surface area contributed by atoms with Crippen LogP contribution >= 0.6 is 12.2 Å². The molecule has 1 saturated heterocycles. The van der Waals surface area contributed by atoms with Gasteiger partial charge in [-0.1, -0.05) is 19.3 Å². The Labute approximate surface area is 117 Å². The molecule has 0 spiro atoms. The standard InChI is InChI=1S/C14H27N3S/c1-11-10-13(8-9-17(11)2)16-14(18)15-12-6-4-3-5-7-12/h11-13H,3-10H2,1-2H3,(H2,15,16,18). The summed E-state index contributed by atoms with van der Waals surface area (Å²) in [5, 5.41) is 7.89. The molecule has 2 atom stereocenters. The molecule has 0 aromatic carbocycles. The maximum absolute atomic E-state index is 5.45. The molecule has 0 radical (unpaired) electrons. The van der Waals surface area contributed by atoms with Crippen molar-refractivity contribution < 1.29 is 0 Å². The molecule has 0 aromatic rings. The van der Waals surface area contributed by atoms with Gasteiger partial charge in [-0.25, -0.2) is 0 Å². The van der Waals surface area contributed by atoms with Crippen molar-refractivity contribution in [1.82, 2.24) is 15.5 Å². The van der Waals surface area contributed by atoms with E-state index in [2.05, 4.69) is 29.5 Å². The molecule has 3 nitrogen and oxygen atoms in total. The van der Waals surface area contributed by atoms with Crippen molar-refractivity contribution in [3.63, 3.8) is 0 Å². The molecule has 104 valence electrons. The highest BCUT2D eigenvalue weighted by Gasteiger charge is 2.23. The van der Waals surface area contributed by atoms with Gasteiger partial charge in [-0.15, -0.1) is 0 Å². The van der Waals surface area contributed by atoms with Crippen LogP contribution in [-0.4, -0.2) is 41.7 Å². The van der Waals surface area contributed by atoms with E-state index in [1.54, 1.807) is 0 Å². The molecule has 2 rings (SSSR count). The Balaban J connectivity index is 1.70. The van der Waals surface area contributed by atoms with Crippen molar-refractivity contribution in [3.8, 4) is 0 Å². The third kappa shape index (κ3) is 4.09. The van der Waals surface area contributed by atoms with Crippen LogP contribution in [0, 0.1) is 0 Å². The molecule has 0 aromatic heterocycles. The molecular weight excluding hydrogens is 242 g/mol. The Morgan fingerprint density at radius 1 is 1.06 bits per heavy atom. The van der Waals surface area contributed by atoms with Gasteiger partial charge in [0.2, 0.25) is 0 Å². The van der Waals surface area contributed by atoms with E-state index in [9.17, 15) is 0 Å². The van der Waals surface area contributed by atoms with Crippen molar-refractivity contribution in [3.05, 3.63) is 0 Å². The molecule has 2 fully saturated rings. The van der Waals surface area contributed by atoms with E-state index in [-0.39, 0.29) is 0 Å². The molecule has 1 aliphatic heterocycles. The van der Waals surface area contributed by atoms with Gasteiger partial charge in [0, 0.05) is 24.7 Å². The SMILES string of the molecule is CC1CC(NC(=S)NC2CCCCC2)CCN1C. The predicted molar refractivity (Wildman–Crippen MR) is 80.9 cm³/mol. The van der Waals surface area contributed by atoms with E-state index in [0.29, 0.717) is 18.1 Å². The Kier molecular flexibility index (Phi) is 5.25. The van der Waals surface area contributed by atoms with Crippen LogP contribution in [0.15, 0.2) is 0 Å². The predicted octanol–water partition coefficient (Wildman–Crippen LogP) is 2.27. The van der Waals surface area contributed by atoms with Crippen molar-refractivity contribution >= 4 is 17.3 Å². The summed E-state index contributed by atoms with van der Waals surface area (Å²) < 4.78 is 0. The van der Waals surface area contributed by atoms with Crippen LogP contribution in [0.3, 0.4) is 0 Å². The summed E-state index contributed by atoms with van der Waals surface area (Å²) in [4.78, 5) is 2.43. The third-order valence-corrected chi connectivity index (χ3v) is 4.72. The van der Waals surface area contributed by atoms with Crippen LogP contribution in [0.1, 0.15) is 51.9 Å². The number of thiocarbonyl (C=S) groups is 1. The first-order chi connectivity index (χ1) is 8.65. The summed E-state index contributed by atoms with van der Waals surface area (Å²) in [5.74, 6) is 0. The number of nitrogens with zero attached hydrogens (tertiary/aromatic N) is 1. The minimum atomic E-state index is 0.555. The van der Waals surface area contributed by atoms with E-state index < -0.39 is 0 Å². The summed E-state index contributed by atoms with van der Waals surface area (Å²) >= 11 is 5.45. The fourth-order valence-corrected chi connectivity index (χ4v) is 3.41. The lowest BCUT2D eigenvalue weighted by Crippen LogP contribution is -2.51. The monoisotopic (exact) mass is 269 g/mol. The number of rotatable bonds is 2. The number of piperidine rings is 1. The first-order valence-electron chi connectivity index (χ1n) is 7.42. The Hall–Kier alpha value is -0.350. The molecule has 4 heteroatoms. The smallest absolute Gasteiger partial charge is 0.166 e. The van der Waals surface area contributed by atoms with Crippen LogP contribution in [0.25, 0.3) is 0 Å². The number of hydrogen-bond acceptors (Lipinski definition) is 2. The lowest BCUT2D eigenvalue weighted by molar-refractivity contribution is 0.176. The summed E-state index contributed by atoms with van der Waals surface area (Å²) in [6, 6.07) is 1.83. The summed E-state index contributed by atoms with van der Waals surface area (Å²) in [6.45, 7) is 3.47. The first-order valence-corrected chi connectivity index (χ1v) is 7.83. The molecule has 1 aliphatic carbocycles. The van der Waals surface area contributed by atoms with Gasteiger partial charge >= 0.3 is 0 Å². The molecule has 2 unspecified atom stereocenters. The van der Waals surface area contributed by atoms with Crippen molar-refractivity contribution in [2.45, 2.75) is 70.0 Å². The van der Waals surface area contributed by atoms with Gasteiger partial charge in [-0.05, 0) is 51.9 Å². The molecule has 2 aliphatic rings.